The van der Waals surface area contributed by atoms with Crippen LogP contribution in [0.5, 0.6) is 0 Å². The van der Waals surface area contributed by atoms with E-state index >= 15 is 0 Å². The SMILES string of the molecule is Cc1c(C)c(C)c(S(=O)(=O)NCCC(=O)NC2CCCNC2)c(C)c1C. The topological polar surface area (TPSA) is 87.3 Å². The number of carbonyl (C=O) groups is 1. The minimum Gasteiger partial charge on any atom is -0.352 e. The number of hydrogen-bond donors (Lipinski definition) is 3. The highest BCUT2D eigenvalue weighted by molar-refractivity contribution is 7.89. The van der Waals surface area contributed by atoms with Crippen molar-refractivity contribution in [2.45, 2.75) is 64.8 Å². The van der Waals surface area contributed by atoms with Crippen molar-refractivity contribution in [3.8, 4) is 0 Å². The molecule has 2 rings (SSSR count). The molecule has 3 N–H and O–H groups in total. The highest BCUT2D eigenvalue weighted by Crippen LogP contribution is 2.29. The molecule has 1 heterocycles. The molecule has 1 aromatic rings. The van der Waals surface area contributed by atoms with Gasteiger partial charge in [-0.1, -0.05) is 0 Å². The van der Waals surface area contributed by atoms with E-state index in [4.69, 9.17) is 0 Å². The van der Waals surface area contributed by atoms with Crippen molar-refractivity contribution in [3.05, 3.63) is 27.8 Å². The summed E-state index contributed by atoms with van der Waals surface area (Å²) < 4.78 is 28.2. The Kier molecular flexibility index (Phi) is 6.82. The maximum atomic E-state index is 12.8. The van der Waals surface area contributed by atoms with E-state index in [1.807, 2.05) is 34.6 Å². The Morgan fingerprint density at radius 1 is 1.04 bits per heavy atom. The van der Waals surface area contributed by atoms with Crippen molar-refractivity contribution in [1.29, 1.82) is 0 Å². The normalized spacial score (nSPS) is 18.0. The van der Waals surface area contributed by atoms with Crippen LogP contribution in [0.15, 0.2) is 4.90 Å². The molecule has 1 aliphatic rings. The largest absolute Gasteiger partial charge is 0.352 e. The van der Waals surface area contributed by atoms with Crippen molar-refractivity contribution in [2.24, 2.45) is 0 Å². The van der Waals surface area contributed by atoms with Gasteiger partial charge in [-0.05, 0) is 81.8 Å². The average molecular weight is 382 g/mol. The summed E-state index contributed by atoms with van der Waals surface area (Å²) in [6, 6.07) is 0.139. The van der Waals surface area contributed by atoms with Gasteiger partial charge in [-0.25, -0.2) is 13.1 Å². The number of carbonyl (C=O) groups excluding carboxylic acids is 1. The first-order valence-corrected chi connectivity index (χ1v) is 10.7. The van der Waals surface area contributed by atoms with E-state index in [9.17, 15) is 13.2 Å². The molecule has 0 aliphatic carbocycles. The molecule has 1 atom stereocenters. The van der Waals surface area contributed by atoms with Crippen LogP contribution in [0.3, 0.4) is 0 Å². The molecule has 0 bridgehead atoms. The maximum absolute atomic E-state index is 12.8. The van der Waals surface area contributed by atoms with Crippen LogP contribution in [0, 0.1) is 34.6 Å². The third kappa shape index (κ3) is 4.64. The average Bonchev–Trinajstić information content (AvgIpc) is 2.59. The zero-order valence-electron chi connectivity index (χ0n) is 16.5. The molecule has 0 saturated carbocycles. The summed E-state index contributed by atoms with van der Waals surface area (Å²) >= 11 is 0. The van der Waals surface area contributed by atoms with Gasteiger partial charge in [-0.2, -0.15) is 0 Å². The van der Waals surface area contributed by atoms with E-state index in [2.05, 4.69) is 15.4 Å². The summed E-state index contributed by atoms with van der Waals surface area (Å²) in [6.45, 7) is 11.4. The van der Waals surface area contributed by atoms with Crippen LogP contribution >= 0.6 is 0 Å². The van der Waals surface area contributed by atoms with Gasteiger partial charge in [0.05, 0.1) is 4.90 Å². The van der Waals surface area contributed by atoms with Crippen LogP contribution in [0.2, 0.25) is 0 Å². The standard InChI is InChI=1S/C19H31N3O3S/c1-12-13(2)15(4)19(16(5)14(12)3)26(24,25)21-10-8-18(23)22-17-7-6-9-20-11-17/h17,20-21H,6-11H2,1-5H3,(H,22,23). The Morgan fingerprint density at radius 3 is 2.15 bits per heavy atom. The molecule has 26 heavy (non-hydrogen) atoms. The second-order valence-corrected chi connectivity index (χ2v) is 8.92. The first-order chi connectivity index (χ1) is 12.1. The summed E-state index contributed by atoms with van der Waals surface area (Å²) in [4.78, 5) is 12.4. The molecular formula is C19H31N3O3S. The van der Waals surface area contributed by atoms with Crippen LogP contribution in [0.25, 0.3) is 0 Å². The molecular weight excluding hydrogens is 350 g/mol. The minimum atomic E-state index is -3.65. The van der Waals surface area contributed by atoms with Gasteiger partial charge in [0.1, 0.15) is 0 Å². The van der Waals surface area contributed by atoms with Crippen molar-refractivity contribution in [3.63, 3.8) is 0 Å². The predicted molar refractivity (Wildman–Crippen MR) is 104 cm³/mol. The predicted octanol–water partition coefficient (Wildman–Crippen LogP) is 1.77. The van der Waals surface area contributed by atoms with E-state index in [-0.39, 0.29) is 24.9 Å². The van der Waals surface area contributed by atoms with Crippen LogP contribution in [0.4, 0.5) is 0 Å². The van der Waals surface area contributed by atoms with Crippen molar-refractivity contribution < 1.29 is 13.2 Å². The number of sulfonamides is 1. The number of amides is 1. The summed E-state index contributed by atoms with van der Waals surface area (Å²) in [5.41, 5.74) is 4.66. The van der Waals surface area contributed by atoms with E-state index in [1.54, 1.807) is 0 Å². The lowest BCUT2D eigenvalue weighted by atomic mass is 9.95. The monoisotopic (exact) mass is 381 g/mol. The number of hydrogen-bond acceptors (Lipinski definition) is 4. The molecule has 1 fully saturated rings. The van der Waals surface area contributed by atoms with Crippen LogP contribution in [0.1, 0.15) is 47.1 Å². The maximum Gasteiger partial charge on any atom is 0.241 e. The molecule has 1 aliphatic heterocycles. The van der Waals surface area contributed by atoms with Gasteiger partial charge in [-0.15, -0.1) is 0 Å². The molecule has 0 radical (unpaired) electrons. The Morgan fingerprint density at radius 2 is 1.62 bits per heavy atom. The molecule has 146 valence electrons. The second-order valence-electron chi connectivity index (χ2n) is 7.21. The molecule has 0 spiro atoms. The van der Waals surface area contributed by atoms with E-state index in [0.717, 1.165) is 53.7 Å². The summed E-state index contributed by atoms with van der Waals surface area (Å²) in [5.74, 6) is -0.119. The van der Waals surface area contributed by atoms with Crippen molar-refractivity contribution >= 4 is 15.9 Å². The molecule has 0 aromatic heterocycles. The van der Waals surface area contributed by atoms with Gasteiger partial charge >= 0.3 is 0 Å². The van der Waals surface area contributed by atoms with E-state index < -0.39 is 10.0 Å². The molecule has 1 aromatic carbocycles. The smallest absolute Gasteiger partial charge is 0.241 e. The quantitative estimate of drug-likeness (QED) is 0.701. The van der Waals surface area contributed by atoms with Crippen LogP contribution in [-0.2, 0) is 14.8 Å². The molecule has 1 saturated heterocycles. The van der Waals surface area contributed by atoms with Gasteiger partial charge < -0.3 is 10.6 Å². The lowest BCUT2D eigenvalue weighted by Gasteiger charge is -2.23. The first-order valence-electron chi connectivity index (χ1n) is 9.22. The molecule has 1 amide bonds. The highest BCUT2D eigenvalue weighted by atomic mass is 32.2. The fourth-order valence-corrected chi connectivity index (χ4v) is 5.14. The summed E-state index contributed by atoms with van der Waals surface area (Å²) in [7, 11) is -3.65. The van der Waals surface area contributed by atoms with E-state index in [0.29, 0.717) is 4.90 Å². The highest BCUT2D eigenvalue weighted by Gasteiger charge is 2.23. The number of nitrogens with one attached hydrogen (secondary N) is 3. The Bertz CT molecular complexity index is 753. The van der Waals surface area contributed by atoms with Gasteiger partial charge in [0.15, 0.2) is 0 Å². The molecule has 1 unspecified atom stereocenters. The second kappa shape index (κ2) is 8.50. The summed E-state index contributed by atoms with van der Waals surface area (Å²) in [5, 5.41) is 6.20. The van der Waals surface area contributed by atoms with Crippen LogP contribution in [-0.4, -0.2) is 40.0 Å². The Balaban J connectivity index is 2.02. The molecule has 7 heteroatoms. The molecule has 6 nitrogen and oxygen atoms in total. The van der Waals surface area contributed by atoms with Crippen molar-refractivity contribution in [1.82, 2.24) is 15.4 Å². The van der Waals surface area contributed by atoms with Crippen LogP contribution < -0.4 is 15.4 Å². The zero-order chi connectivity index (χ0) is 19.5. The fourth-order valence-electron chi connectivity index (χ4n) is 3.51. The third-order valence-electron chi connectivity index (χ3n) is 5.51. The fraction of sp³-hybridized carbons (Fsp3) is 0.632. The lowest BCUT2D eigenvalue weighted by molar-refractivity contribution is -0.121. The lowest BCUT2D eigenvalue weighted by Crippen LogP contribution is -2.46. The Labute approximate surface area is 157 Å². The van der Waals surface area contributed by atoms with Gasteiger partial charge in [-0.3, -0.25) is 4.79 Å². The Hall–Kier alpha value is -1.44. The third-order valence-corrected chi connectivity index (χ3v) is 7.24. The van der Waals surface area contributed by atoms with Gasteiger partial charge in [0.2, 0.25) is 15.9 Å². The summed E-state index contributed by atoms with van der Waals surface area (Å²) in [6.07, 6.45) is 2.14. The number of piperidine rings is 1. The van der Waals surface area contributed by atoms with Crippen molar-refractivity contribution in [2.75, 3.05) is 19.6 Å². The zero-order valence-corrected chi connectivity index (χ0v) is 17.3. The number of rotatable bonds is 6. The van der Waals surface area contributed by atoms with E-state index in [1.165, 1.54) is 0 Å². The number of benzene rings is 1. The van der Waals surface area contributed by atoms with Gasteiger partial charge in [0.25, 0.3) is 0 Å². The minimum absolute atomic E-state index is 0.0964. The van der Waals surface area contributed by atoms with Gasteiger partial charge in [0, 0.05) is 25.6 Å². The first kappa shape index (κ1) is 20.9.